The summed E-state index contributed by atoms with van der Waals surface area (Å²) in [5.74, 6) is 2.06. The molecule has 0 aromatic rings. The number of nitrogens with zero attached hydrogens (tertiary/aromatic N) is 1. The van der Waals surface area contributed by atoms with Crippen LogP contribution in [0.25, 0.3) is 0 Å². The minimum absolute atomic E-state index is 0.942. The van der Waals surface area contributed by atoms with Crippen LogP contribution in [0.3, 0.4) is 0 Å². The third-order valence-corrected chi connectivity index (χ3v) is 5.16. The molecule has 17 heavy (non-hydrogen) atoms. The van der Waals surface area contributed by atoms with Crippen molar-refractivity contribution in [2.24, 2.45) is 11.8 Å². The van der Waals surface area contributed by atoms with Crippen LogP contribution in [0.15, 0.2) is 0 Å². The van der Waals surface area contributed by atoms with Gasteiger partial charge in [0.15, 0.2) is 0 Å². The van der Waals surface area contributed by atoms with Crippen molar-refractivity contribution in [2.45, 2.75) is 77.7 Å². The molecule has 0 bridgehead atoms. The maximum Gasteiger partial charge on any atom is 0.00955 e. The summed E-state index contributed by atoms with van der Waals surface area (Å²) in [6, 6.07) is 0.942. The van der Waals surface area contributed by atoms with E-state index >= 15 is 0 Å². The Kier molecular flexibility index (Phi) is 5.34. The smallest absolute Gasteiger partial charge is 0.00955 e. The van der Waals surface area contributed by atoms with Gasteiger partial charge in [0, 0.05) is 12.6 Å². The predicted molar refractivity (Wildman–Crippen MR) is 75.2 cm³/mol. The van der Waals surface area contributed by atoms with Gasteiger partial charge in [0.25, 0.3) is 0 Å². The maximum atomic E-state index is 2.83. The van der Waals surface area contributed by atoms with E-state index in [0.29, 0.717) is 0 Å². The lowest BCUT2D eigenvalue weighted by molar-refractivity contribution is 0.0845. The zero-order valence-electron chi connectivity index (χ0n) is 12.0. The summed E-state index contributed by atoms with van der Waals surface area (Å²) in [5.41, 5.74) is 0. The first-order valence-electron chi connectivity index (χ1n) is 8.07. The molecule has 1 aliphatic heterocycles. The Balaban J connectivity index is 1.76. The summed E-state index contributed by atoms with van der Waals surface area (Å²) in [4.78, 5) is 2.83. The second-order valence-electron chi connectivity index (χ2n) is 6.37. The van der Waals surface area contributed by atoms with Crippen molar-refractivity contribution < 1.29 is 0 Å². The zero-order valence-corrected chi connectivity index (χ0v) is 12.0. The second kappa shape index (κ2) is 6.78. The number of hydrogen-bond acceptors (Lipinski definition) is 1. The Morgan fingerprint density at radius 3 is 2.35 bits per heavy atom. The van der Waals surface area contributed by atoms with Gasteiger partial charge in [0.1, 0.15) is 0 Å². The van der Waals surface area contributed by atoms with E-state index in [9.17, 15) is 0 Å². The Bertz CT molecular complexity index is 206. The van der Waals surface area contributed by atoms with Crippen LogP contribution in [0.4, 0.5) is 0 Å². The van der Waals surface area contributed by atoms with Crippen LogP contribution in [-0.2, 0) is 0 Å². The highest BCUT2D eigenvalue weighted by molar-refractivity contribution is 4.83. The molecular formula is C16H31N. The number of hydrogen-bond donors (Lipinski definition) is 0. The molecule has 100 valence electrons. The fourth-order valence-electron chi connectivity index (χ4n) is 3.97. The quantitative estimate of drug-likeness (QED) is 0.697. The highest BCUT2D eigenvalue weighted by atomic mass is 15.2. The van der Waals surface area contributed by atoms with Crippen LogP contribution >= 0.6 is 0 Å². The van der Waals surface area contributed by atoms with Crippen LogP contribution in [0, 0.1) is 11.8 Å². The van der Waals surface area contributed by atoms with Crippen LogP contribution in [-0.4, -0.2) is 24.0 Å². The number of likely N-dealkylation sites (tertiary alicyclic amines) is 1. The Labute approximate surface area is 108 Å². The molecule has 1 heteroatoms. The third-order valence-electron chi connectivity index (χ3n) is 5.16. The average Bonchev–Trinajstić information content (AvgIpc) is 2.40. The Morgan fingerprint density at radius 2 is 1.71 bits per heavy atom. The zero-order chi connectivity index (χ0) is 12.1. The van der Waals surface area contributed by atoms with Crippen molar-refractivity contribution in [3.63, 3.8) is 0 Å². The van der Waals surface area contributed by atoms with E-state index in [-0.39, 0.29) is 0 Å². The highest BCUT2D eigenvalue weighted by Gasteiger charge is 2.28. The van der Waals surface area contributed by atoms with Crippen molar-refractivity contribution in [2.75, 3.05) is 13.1 Å². The lowest BCUT2D eigenvalue weighted by Crippen LogP contribution is -2.44. The lowest BCUT2D eigenvalue weighted by atomic mass is 9.82. The van der Waals surface area contributed by atoms with Gasteiger partial charge in [0.2, 0.25) is 0 Å². The van der Waals surface area contributed by atoms with Gasteiger partial charge < -0.3 is 4.90 Å². The summed E-state index contributed by atoms with van der Waals surface area (Å²) in [6.07, 6.45) is 13.2. The van der Waals surface area contributed by atoms with Gasteiger partial charge in [-0.25, -0.2) is 0 Å². The van der Waals surface area contributed by atoms with Crippen LogP contribution in [0.1, 0.15) is 71.6 Å². The second-order valence-corrected chi connectivity index (χ2v) is 6.37. The van der Waals surface area contributed by atoms with Crippen molar-refractivity contribution in [3.8, 4) is 0 Å². The minimum Gasteiger partial charge on any atom is -0.300 e. The molecule has 1 heterocycles. The first-order valence-corrected chi connectivity index (χ1v) is 8.07. The van der Waals surface area contributed by atoms with Gasteiger partial charge in [0.05, 0.1) is 0 Å². The van der Waals surface area contributed by atoms with E-state index in [2.05, 4.69) is 18.7 Å². The summed E-state index contributed by atoms with van der Waals surface area (Å²) in [7, 11) is 0. The van der Waals surface area contributed by atoms with Gasteiger partial charge in [-0.3, -0.25) is 0 Å². The molecule has 0 radical (unpaired) electrons. The average molecular weight is 237 g/mol. The molecule has 0 amide bonds. The topological polar surface area (TPSA) is 3.24 Å². The molecule has 1 nitrogen and oxygen atoms in total. The van der Waals surface area contributed by atoms with Gasteiger partial charge in [-0.1, -0.05) is 33.1 Å². The van der Waals surface area contributed by atoms with E-state index in [0.717, 1.165) is 17.9 Å². The summed E-state index contributed by atoms with van der Waals surface area (Å²) < 4.78 is 0. The molecule has 0 spiro atoms. The molecule has 0 aromatic carbocycles. The van der Waals surface area contributed by atoms with Crippen LogP contribution in [0.5, 0.6) is 0 Å². The molecule has 2 fully saturated rings. The maximum absolute atomic E-state index is 2.83. The van der Waals surface area contributed by atoms with E-state index < -0.39 is 0 Å². The molecule has 1 aliphatic carbocycles. The predicted octanol–water partition coefficient (Wildman–Crippen LogP) is 4.47. The van der Waals surface area contributed by atoms with Crippen molar-refractivity contribution in [1.29, 1.82) is 0 Å². The Morgan fingerprint density at radius 1 is 0.941 bits per heavy atom. The van der Waals surface area contributed by atoms with Gasteiger partial charge in [-0.05, 0) is 56.9 Å². The molecule has 1 unspecified atom stereocenters. The fourth-order valence-corrected chi connectivity index (χ4v) is 3.97. The fraction of sp³-hybridized carbons (Fsp3) is 1.00. The van der Waals surface area contributed by atoms with E-state index in [1.807, 2.05) is 0 Å². The normalized spacial score (nSPS) is 36.0. The molecular weight excluding hydrogens is 206 g/mol. The Hall–Kier alpha value is -0.0400. The van der Waals surface area contributed by atoms with Gasteiger partial charge >= 0.3 is 0 Å². The molecule has 0 aromatic heterocycles. The summed E-state index contributed by atoms with van der Waals surface area (Å²) in [6.45, 7) is 7.49. The van der Waals surface area contributed by atoms with Crippen molar-refractivity contribution >= 4 is 0 Å². The molecule has 1 saturated carbocycles. The lowest BCUT2D eigenvalue weighted by Gasteiger charge is -2.41. The first-order chi connectivity index (χ1) is 8.33. The van der Waals surface area contributed by atoms with Crippen LogP contribution in [0.2, 0.25) is 0 Å². The molecule has 1 saturated heterocycles. The minimum atomic E-state index is 0.942. The first kappa shape index (κ1) is 13.4. The van der Waals surface area contributed by atoms with Crippen molar-refractivity contribution in [3.05, 3.63) is 0 Å². The molecule has 2 rings (SSSR count). The third kappa shape index (κ3) is 3.71. The van der Waals surface area contributed by atoms with Crippen LogP contribution < -0.4 is 0 Å². The largest absolute Gasteiger partial charge is 0.300 e. The van der Waals surface area contributed by atoms with Gasteiger partial charge in [-0.15, -0.1) is 0 Å². The molecule has 0 N–H and O–H groups in total. The standard InChI is InChI=1S/C16H31N/c1-3-6-15-8-10-16(11-9-15)17-12-5-7-14(4-2)13-17/h14-16H,3-13H2,1-2H3. The highest BCUT2D eigenvalue weighted by Crippen LogP contribution is 2.32. The van der Waals surface area contributed by atoms with E-state index in [1.165, 1.54) is 70.9 Å². The number of piperidine rings is 1. The number of rotatable bonds is 4. The van der Waals surface area contributed by atoms with E-state index in [1.54, 1.807) is 0 Å². The molecule has 2 aliphatic rings. The molecule has 1 atom stereocenters. The van der Waals surface area contributed by atoms with Gasteiger partial charge in [-0.2, -0.15) is 0 Å². The SMILES string of the molecule is CCCC1CCC(N2CCCC(CC)C2)CC1. The van der Waals surface area contributed by atoms with E-state index in [4.69, 9.17) is 0 Å². The van der Waals surface area contributed by atoms with Crippen molar-refractivity contribution in [1.82, 2.24) is 4.90 Å². The monoisotopic (exact) mass is 237 g/mol. The summed E-state index contributed by atoms with van der Waals surface area (Å²) in [5, 5.41) is 0. The summed E-state index contributed by atoms with van der Waals surface area (Å²) >= 11 is 0.